The molecule has 71 heavy (non-hydrogen) atoms. The number of nitrogens with one attached hydrogen (secondary N) is 1. The summed E-state index contributed by atoms with van der Waals surface area (Å²) >= 11 is 0. The quantitative estimate of drug-likeness (QED) is 0.0195. The van der Waals surface area contributed by atoms with Gasteiger partial charge in [-0.05, 0) is 57.8 Å². The second kappa shape index (κ2) is 50.1. The van der Waals surface area contributed by atoms with E-state index >= 15 is 0 Å². The minimum Gasteiger partial charge on any atom is -0.466 e. The fourth-order valence-corrected chi connectivity index (χ4v) is 9.23. The third-order valence-corrected chi connectivity index (χ3v) is 14.0. The zero-order chi connectivity index (χ0) is 51.7. The van der Waals surface area contributed by atoms with Crippen molar-refractivity contribution in [1.29, 1.82) is 0 Å². The van der Waals surface area contributed by atoms with Gasteiger partial charge in [-0.15, -0.1) is 0 Å². The summed E-state index contributed by atoms with van der Waals surface area (Å²) in [5.41, 5.74) is 0. The average Bonchev–Trinajstić information content (AvgIpc) is 3.37. The summed E-state index contributed by atoms with van der Waals surface area (Å²) in [4.78, 5) is 25.0. The summed E-state index contributed by atoms with van der Waals surface area (Å²) in [5, 5.41) is 54.3. The third kappa shape index (κ3) is 39.9. The Bertz CT molecular complexity index is 1280. The molecule has 1 aliphatic rings. The Hall–Kier alpha value is -2.12. The number of amides is 1. The molecule has 0 aliphatic carbocycles. The molecule has 1 heterocycles. The second-order valence-corrected chi connectivity index (χ2v) is 20.7. The lowest BCUT2D eigenvalue weighted by Gasteiger charge is -2.40. The molecule has 0 aromatic heterocycles. The number of hydrogen-bond donors (Lipinski definition) is 6. The van der Waals surface area contributed by atoms with Crippen LogP contribution in [-0.2, 0) is 23.8 Å². The van der Waals surface area contributed by atoms with Crippen LogP contribution in [0.1, 0.15) is 271 Å². The van der Waals surface area contributed by atoms with Gasteiger partial charge in [-0.25, -0.2) is 0 Å². The van der Waals surface area contributed by atoms with Crippen molar-refractivity contribution < 1.29 is 49.3 Å². The number of aliphatic hydroxyl groups excluding tert-OH is 5. The molecule has 1 saturated heterocycles. The van der Waals surface area contributed by atoms with E-state index in [2.05, 4.69) is 43.5 Å². The number of carbonyl (C=O) groups is 2. The van der Waals surface area contributed by atoms with E-state index in [4.69, 9.17) is 14.2 Å². The van der Waals surface area contributed by atoms with Crippen LogP contribution in [-0.4, -0.2) is 100 Å². The van der Waals surface area contributed by atoms with Gasteiger partial charge in [-0.3, -0.25) is 9.59 Å². The van der Waals surface area contributed by atoms with Gasteiger partial charge < -0.3 is 45.1 Å². The molecule has 416 valence electrons. The van der Waals surface area contributed by atoms with Crippen molar-refractivity contribution in [3.8, 4) is 0 Å². The van der Waals surface area contributed by atoms with Gasteiger partial charge in [0.2, 0.25) is 5.91 Å². The first-order valence-corrected chi connectivity index (χ1v) is 29.8. The summed E-state index contributed by atoms with van der Waals surface area (Å²) < 4.78 is 16.7. The molecule has 0 radical (unpaired) electrons. The van der Waals surface area contributed by atoms with Crippen LogP contribution in [0.2, 0.25) is 0 Å². The molecule has 11 nitrogen and oxygen atoms in total. The standard InChI is InChI=1S/C60H111NO10/c1-3-5-7-9-11-13-15-23-27-30-34-38-42-46-53(63)52(51-70-60-59(68)58(67)57(66)54(50-62)71-60)61-55(64)47-43-39-35-31-28-24-21-19-17-16-18-20-22-25-29-33-37-41-45-49-69-56(65)48-44-40-36-32-26-14-12-10-8-6-4-2/h11,13,27,30,42,46,52-54,57-60,62-63,66-68H,3-10,12,14-26,28-29,31-41,43-45,47-51H2,1-2H3,(H,61,64)/b13-11+,30-27+,46-42+. The van der Waals surface area contributed by atoms with Crippen molar-refractivity contribution in [3.05, 3.63) is 36.5 Å². The number of carbonyl (C=O) groups excluding carboxylic acids is 2. The SMILES string of the molecule is CCCCC/C=C/CC/C=C/CC/C=C/C(O)C(COC1OC(CO)C(O)C(O)C1O)NC(=O)CCCCCCCCCCCCCCCCCCCCCOC(=O)CCCCCCCCCCCCC. The molecule has 1 aliphatic heterocycles. The summed E-state index contributed by atoms with van der Waals surface area (Å²) in [5.74, 6) is -0.207. The van der Waals surface area contributed by atoms with E-state index in [-0.39, 0.29) is 18.5 Å². The first-order valence-electron chi connectivity index (χ1n) is 29.8. The Morgan fingerprint density at radius 2 is 0.915 bits per heavy atom. The van der Waals surface area contributed by atoms with Gasteiger partial charge in [0, 0.05) is 12.8 Å². The van der Waals surface area contributed by atoms with E-state index in [1.54, 1.807) is 6.08 Å². The molecule has 11 heteroatoms. The lowest BCUT2D eigenvalue weighted by atomic mass is 9.99. The highest BCUT2D eigenvalue weighted by Crippen LogP contribution is 2.23. The minimum absolute atomic E-state index is 0.00724. The summed E-state index contributed by atoms with van der Waals surface area (Å²) in [6, 6.07) is -0.836. The topological polar surface area (TPSA) is 175 Å². The first kappa shape index (κ1) is 66.9. The Kier molecular flexibility index (Phi) is 47.2. The van der Waals surface area contributed by atoms with Gasteiger partial charge in [0.15, 0.2) is 6.29 Å². The van der Waals surface area contributed by atoms with Crippen molar-refractivity contribution in [3.63, 3.8) is 0 Å². The Morgan fingerprint density at radius 3 is 1.39 bits per heavy atom. The zero-order valence-corrected chi connectivity index (χ0v) is 45.7. The van der Waals surface area contributed by atoms with Gasteiger partial charge in [0.25, 0.3) is 0 Å². The molecule has 0 saturated carbocycles. The first-order chi connectivity index (χ1) is 34.7. The monoisotopic (exact) mass is 1010 g/mol. The maximum atomic E-state index is 13.0. The fraction of sp³-hybridized carbons (Fsp3) is 0.867. The fourth-order valence-electron chi connectivity index (χ4n) is 9.23. The van der Waals surface area contributed by atoms with E-state index < -0.39 is 49.5 Å². The molecule has 7 unspecified atom stereocenters. The molecule has 0 spiro atoms. The normalized spacial score (nSPS) is 19.3. The second-order valence-electron chi connectivity index (χ2n) is 20.7. The number of hydrogen-bond acceptors (Lipinski definition) is 10. The maximum Gasteiger partial charge on any atom is 0.305 e. The summed E-state index contributed by atoms with van der Waals surface area (Å²) in [6.07, 6.45) is 50.9. The summed E-state index contributed by atoms with van der Waals surface area (Å²) in [7, 11) is 0. The van der Waals surface area contributed by atoms with E-state index in [0.29, 0.717) is 19.4 Å². The van der Waals surface area contributed by atoms with E-state index in [1.165, 1.54) is 167 Å². The molecule has 0 aromatic rings. The zero-order valence-electron chi connectivity index (χ0n) is 45.7. The van der Waals surface area contributed by atoms with Crippen molar-refractivity contribution in [1.82, 2.24) is 5.32 Å². The highest BCUT2D eigenvalue weighted by Gasteiger charge is 2.44. The van der Waals surface area contributed by atoms with Crippen LogP contribution in [0.15, 0.2) is 36.5 Å². The van der Waals surface area contributed by atoms with Crippen LogP contribution in [0, 0.1) is 0 Å². The number of esters is 1. The Balaban J connectivity index is 2.10. The van der Waals surface area contributed by atoms with Crippen molar-refractivity contribution in [2.75, 3.05) is 19.8 Å². The summed E-state index contributed by atoms with van der Waals surface area (Å²) in [6.45, 7) is 4.28. The number of allylic oxidation sites excluding steroid dienone is 5. The Morgan fingerprint density at radius 1 is 0.507 bits per heavy atom. The number of unbranched alkanes of at least 4 members (excludes halogenated alkanes) is 33. The molecule has 1 rings (SSSR count). The van der Waals surface area contributed by atoms with Crippen LogP contribution in [0.4, 0.5) is 0 Å². The molecular formula is C60H111NO10. The lowest BCUT2D eigenvalue weighted by Crippen LogP contribution is -2.60. The molecule has 7 atom stereocenters. The number of ether oxygens (including phenoxy) is 3. The van der Waals surface area contributed by atoms with Crippen molar-refractivity contribution >= 4 is 11.9 Å². The van der Waals surface area contributed by atoms with E-state index in [1.807, 2.05) is 6.08 Å². The largest absolute Gasteiger partial charge is 0.466 e. The van der Waals surface area contributed by atoms with Gasteiger partial charge in [0.05, 0.1) is 32.0 Å². The van der Waals surface area contributed by atoms with Crippen molar-refractivity contribution in [2.45, 2.75) is 314 Å². The average molecular weight is 1010 g/mol. The van der Waals surface area contributed by atoms with Crippen LogP contribution in [0.5, 0.6) is 0 Å². The van der Waals surface area contributed by atoms with Gasteiger partial charge in [-0.2, -0.15) is 0 Å². The van der Waals surface area contributed by atoms with E-state index in [9.17, 15) is 35.1 Å². The van der Waals surface area contributed by atoms with Crippen LogP contribution < -0.4 is 5.32 Å². The predicted molar refractivity (Wildman–Crippen MR) is 292 cm³/mol. The van der Waals surface area contributed by atoms with Gasteiger partial charge >= 0.3 is 5.97 Å². The van der Waals surface area contributed by atoms with Gasteiger partial charge in [-0.1, -0.05) is 237 Å². The minimum atomic E-state index is -1.58. The number of rotatable bonds is 51. The maximum absolute atomic E-state index is 13.0. The van der Waals surface area contributed by atoms with Gasteiger partial charge in [0.1, 0.15) is 24.4 Å². The smallest absolute Gasteiger partial charge is 0.305 e. The van der Waals surface area contributed by atoms with Crippen LogP contribution in [0.25, 0.3) is 0 Å². The van der Waals surface area contributed by atoms with Crippen LogP contribution in [0.3, 0.4) is 0 Å². The Labute approximate surface area is 434 Å². The molecule has 6 N–H and O–H groups in total. The molecule has 1 fully saturated rings. The van der Waals surface area contributed by atoms with E-state index in [0.717, 1.165) is 77.0 Å². The highest BCUT2D eigenvalue weighted by atomic mass is 16.7. The molecule has 0 bridgehead atoms. The highest BCUT2D eigenvalue weighted by molar-refractivity contribution is 5.76. The third-order valence-electron chi connectivity index (χ3n) is 14.0. The number of aliphatic hydroxyl groups is 5. The molecular weight excluding hydrogens is 895 g/mol. The predicted octanol–water partition coefficient (Wildman–Crippen LogP) is 13.5. The van der Waals surface area contributed by atoms with Crippen LogP contribution >= 0.6 is 0 Å². The lowest BCUT2D eigenvalue weighted by molar-refractivity contribution is -0.302. The van der Waals surface area contributed by atoms with Crippen molar-refractivity contribution in [2.24, 2.45) is 0 Å². The molecule has 0 aromatic carbocycles. The molecule has 1 amide bonds.